The van der Waals surface area contributed by atoms with Crippen LogP contribution in [0.5, 0.6) is 5.75 Å². The number of nitro benzene ring substituents is 1. The van der Waals surface area contributed by atoms with Crippen molar-refractivity contribution in [2.75, 3.05) is 0 Å². The molecule has 3 aromatic rings. The Kier molecular flexibility index (Phi) is 6.74. The fourth-order valence-electron chi connectivity index (χ4n) is 3.41. The summed E-state index contributed by atoms with van der Waals surface area (Å²) in [6.07, 6.45) is 1.42. The molecule has 0 atom stereocenters. The predicted octanol–water partition coefficient (Wildman–Crippen LogP) is 5.86. The van der Waals surface area contributed by atoms with Crippen LogP contribution in [0, 0.1) is 22.9 Å². The predicted molar refractivity (Wildman–Crippen MR) is 127 cm³/mol. The lowest BCUT2D eigenvalue weighted by Crippen LogP contribution is -2.27. The third-order valence-electron chi connectivity index (χ3n) is 5.10. The molecule has 34 heavy (non-hydrogen) atoms. The van der Waals surface area contributed by atoms with E-state index in [0.717, 1.165) is 27.8 Å². The lowest BCUT2D eigenvalue weighted by Gasteiger charge is -2.13. The quantitative estimate of drug-likeness (QED) is 0.240. The van der Waals surface area contributed by atoms with E-state index in [9.17, 15) is 24.1 Å². The highest BCUT2D eigenvalue weighted by atomic mass is 32.2. The summed E-state index contributed by atoms with van der Waals surface area (Å²) < 4.78 is 18.9. The Morgan fingerprint density at radius 3 is 2.53 bits per heavy atom. The molecular weight excluding hydrogens is 459 g/mol. The van der Waals surface area contributed by atoms with E-state index in [4.69, 9.17) is 4.74 Å². The summed E-state index contributed by atoms with van der Waals surface area (Å²) in [5.74, 6) is -0.561. The molecule has 0 N–H and O–H groups in total. The fourth-order valence-corrected chi connectivity index (χ4v) is 4.24. The molecule has 2 amide bonds. The highest BCUT2D eigenvalue weighted by Gasteiger charge is 2.35. The van der Waals surface area contributed by atoms with E-state index in [1.165, 1.54) is 36.4 Å². The number of nitro groups is 1. The van der Waals surface area contributed by atoms with Gasteiger partial charge in [-0.3, -0.25) is 24.6 Å². The summed E-state index contributed by atoms with van der Waals surface area (Å²) in [5, 5.41) is 10.9. The van der Waals surface area contributed by atoms with Gasteiger partial charge >= 0.3 is 0 Å². The number of halogens is 1. The molecule has 0 bridgehead atoms. The Labute approximate surface area is 199 Å². The molecule has 7 nitrogen and oxygen atoms in total. The zero-order valence-corrected chi connectivity index (χ0v) is 18.9. The largest absolute Gasteiger partial charge is 0.488 e. The molecule has 1 fully saturated rings. The molecule has 4 rings (SSSR count). The number of hydrogen-bond donors (Lipinski definition) is 0. The van der Waals surface area contributed by atoms with Crippen LogP contribution in [-0.2, 0) is 17.9 Å². The molecule has 1 heterocycles. The van der Waals surface area contributed by atoms with Crippen LogP contribution in [0.2, 0.25) is 0 Å². The molecule has 0 aromatic heterocycles. The van der Waals surface area contributed by atoms with E-state index in [1.54, 1.807) is 12.1 Å². The molecule has 0 spiro atoms. The lowest BCUT2D eigenvalue weighted by atomic mass is 10.1. The van der Waals surface area contributed by atoms with Crippen molar-refractivity contribution >= 4 is 34.7 Å². The van der Waals surface area contributed by atoms with Gasteiger partial charge in [0.05, 0.1) is 16.4 Å². The number of nitrogens with zero attached hydrogens (tertiary/aromatic N) is 2. The molecule has 0 aliphatic carbocycles. The van der Waals surface area contributed by atoms with Crippen molar-refractivity contribution < 1.29 is 23.6 Å². The number of amides is 2. The topological polar surface area (TPSA) is 89.8 Å². The fraction of sp³-hybridized carbons (Fsp3) is 0.120. The molecule has 9 heteroatoms. The molecule has 0 saturated carbocycles. The van der Waals surface area contributed by atoms with Gasteiger partial charge in [-0.1, -0.05) is 42.0 Å². The second kappa shape index (κ2) is 9.88. The van der Waals surface area contributed by atoms with E-state index in [1.807, 2.05) is 31.2 Å². The number of hydrogen-bond acceptors (Lipinski definition) is 6. The van der Waals surface area contributed by atoms with Crippen molar-refractivity contribution in [1.29, 1.82) is 0 Å². The number of rotatable bonds is 7. The van der Waals surface area contributed by atoms with Crippen LogP contribution in [0.4, 0.5) is 14.9 Å². The normalized spacial score (nSPS) is 14.6. The first-order valence-electron chi connectivity index (χ1n) is 10.3. The summed E-state index contributed by atoms with van der Waals surface area (Å²) in [6, 6.07) is 17.3. The van der Waals surface area contributed by atoms with Gasteiger partial charge in [0.15, 0.2) is 0 Å². The molecule has 3 aromatic carbocycles. The molecule has 0 radical (unpaired) electrons. The van der Waals surface area contributed by atoms with Crippen LogP contribution in [0.25, 0.3) is 6.08 Å². The van der Waals surface area contributed by atoms with E-state index in [2.05, 4.69) is 0 Å². The third kappa shape index (κ3) is 5.32. The monoisotopic (exact) mass is 478 g/mol. The second-order valence-corrected chi connectivity index (χ2v) is 8.64. The average Bonchev–Trinajstić information content (AvgIpc) is 3.06. The van der Waals surface area contributed by atoms with Gasteiger partial charge in [-0.05, 0) is 54.1 Å². The Hall–Kier alpha value is -3.98. The van der Waals surface area contributed by atoms with Gasteiger partial charge in [0.2, 0.25) is 0 Å². The summed E-state index contributed by atoms with van der Waals surface area (Å²) in [5.41, 5.74) is 2.64. The molecule has 1 aliphatic heterocycles. The molecule has 1 aliphatic rings. The SMILES string of the molecule is Cc1cccc(CN2C(=O)S/C(=C\c3cc([N+](=O)[O-])ccc3OCc3ccc(F)cc3)C2=O)c1. The minimum absolute atomic E-state index is 0.0910. The zero-order chi connectivity index (χ0) is 24.2. The maximum atomic E-state index is 13.1. The van der Waals surface area contributed by atoms with Crippen LogP contribution in [0.3, 0.4) is 0 Å². The van der Waals surface area contributed by atoms with E-state index in [-0.39, 0.29) is 35.1 Å². The number of benzene rings is 3. The number of carbonyl (C=O) groups excluding carboxylic acids is 2. The van der Waals surface area contributed by atoms with Crippen LogP contribution in [0.1, 0.15) is 22.3 Å². The minimum atomic E-state index is -0.551. The van der Waals surface area contributed by atoms with Crippen LogP contribution in [-0.4, -0.2) is 21.0 Å². The zero-order valence-electron chi connectivity index (χ0n) is 18.1. The van der Waals surface area contributed by atoms with Crippen molar-refractivity contribution in [1.82, 2.24) is 4.90 Å². The Balaban J connectivity index is 1.60. The van der Waals surface area contributed by atoms with E-state index >= 15 is 0 Å². The number of carbonyl (C=O) groups is 2. The van der Waals surface area contributed by atoms with Gasteiger partial charge in [0.1, 0.15) is 18.2 Å². The third-order valence-corrected chi connectivity index (χ3v) is 6.00. The number of thioether (sulfide) groups is 1. The van der Waals surface area contributed by atoms with Gasteiger partial charge < -0.3 is 4.74 Å². The number of imide groups is 1. The van der Waals surface area contributed by atoms with Crippen LogP contribution < -0.4 is 4.74 Å². The first-order valence-corrected chi connectivity index (χ1v) is 11.1. The Morgan fingerprint density at radius 2 is 1.82 bits per heavy atom. The van der Waals surface area contributed by atoms with Crippen molar-refractivity contribution in [3.05, 3.63) is 110 Å². The van der Waals surface area contributed by atoms with Crippen molar-refractivity contribution in [3.63, 3.8) is 0 Å². The van der Waals surface area contributed by atoms with Gasteiger partial charge in [0.25, 0.3) is 16.8 Å². The minimum Gasteiger partial charge on any atom is -0.488 e. The van der Waals surface area contributed by atoms with Crippen LogP contribution in [0.15, 0.2) is 71.6 Å². The summed E-state index contributed by atoms with van der Waals surface area (Å²) in [4.78, 5) is 37.5. The highest BCUT2D eigenvalue weighted by molar-refractivity contribution is 8.18. The number of ether oxygens (including phenoxy) is 1. The van der Waals surface area contributed by atoms with Crippen molar-refractivity contribution in [2.45, 2.75) is 20.1 Å². The molecule has 0 unspecified atom stereocenters. The maximum Gasteiger partial charge on any atom is 0.293 e. The first-order chi connectivity index (χ1) is 16.3. The standard InChI is InChI=1S/C25H19FN2O5S/c1-16-3-2-4-18(11-16)14-27-24(29)23(34-25(27)30)13-19-12-21(28(31)32)9-10-22(19)33-15-17-5-7-20(26)8-6-17/h2-13H,14-15H2,1H3/b23-13-. The van der Waals surface area contributed by atoms with Gasteiger partial charge in [-0.25, -0.2) is 4.39 Å². The summed E-state index contributed by atoms with van der Waals surface area (Å²) >= 11 is 0.771. The Morgan fingerprint density at radius 1 is 1.06 bits per heavy atom. The van der Waals surface area contributed by atoms with Gasteiger partial charge in [-0.2, -0.15) is 0 Å². The summed E-state index contributed by atoms with van der Waals surface area (Å²) in [7, 11) is 0. The number of aryl methyl sites for hydroxylation is 1. The van der Waals surface area contributed by atoms with Gasteiger partial charge in [0, 0.05) is 17.7 Å². The molecular formula is C25H19FN2O5S. The van der Waals surface area contributed by atoms with Crippen molar-refractivity contribution in [3.8, 4) is 5.75 Å². The summed E-state index contributed by atoms with van der Waals surface area (Å²) in [6.45, 7) is 2.15. The lowest BCUT2D eigenvalue weighted by molar-refractivity contribution is -0.384. The van der Waals surface area contributed by atoms with Gasteiger partial charge in [-0.15, -0.1) is 0 Å². The molecule has 1 saturated heterocycles. The first kappa shape index (κ1) is 23.2. The second-order valence-electron chi connectivity index (χ2n) is 7.65. The number of non-ortho nitro benzene ring substituents is 1. The smallest absolute Gasteiger partial charge is 0.293 e. The Bertz CT molecular complexity index is 1310. The average molecular weight is 479 g/mol. The maximum absolute atomic E-state index is 13.1. The van der Waals surface area contributed by atoms with Crippen molar-refractivity contribution in [2.24, 2.45) is 0 Å². The van der Waals surface area contributed by atoms with E-state index in [0.29, 0.717) is 11.3 Å². The highest BCUT2D eigenvalue weighted by Crippen LogP contribution is 2.36. The van der Waals surface area contributed by atoms with E-state index < -0.39 is 16.1 Å². The van der Waals surface area contributed by atoms with Crippen LogP contribution >= 0.6 is 11.8 Å². The molecule has 172 valence electrons.